The first-order chi connectivity index (χ1) is 43.6. The molecule has 3 aromatic carbocycles. The average Bonchev–Trinajstić information content (AvgIpc) is 0.772. The molecule has 8 atom stereocenters. The topological polar surface area (TPSA) is 267 Å². The molecule has 2 aliphatic heterocycles. The summed E-state index contributed by atoms with van der Waals surface area (Å²) in [5.74, 6) is -1.06. The van der Waals surface area contributed by atoms with Crippen molar-refractivity contribution in [3.05, 3.63) is 128 Å². The highest BCUT2D eigenvalue weighted by atomic mass is 31.2. The second-order valence-electron chi connectivity index (χ2n) is 23.7. The Kier molecular flexibility index (Phi) is 29.6. The van der Waals surface area contributed by atoms with Gasteiger partial charge in [-0.2, -0.15) is 5.26 Å². The Balaban J connectivity index is 1.18. The Labute approximate surface area is 536 Å². The number of nitrogens with zero attached hydrogens (tertiary/aromatic N) is 4. The van der Waals surface area contributed by atoms with Crippen molar-refractivity contribution in [2.24, 2.45) is 0 Å². The summed E-state index contributed by atoms with van der Waals surface area (Å²) in [6.07, 6.45) is 5.74. The van der Waals surface area contributed by atoms with Crippen molar-refractivity contribution in [1.29, 1.82) is 5.26 Å². The third-order valence-electron chi connectivity index (χ3n) is 15.8. The number of aromatic amines is 1. The van der Waals surface area contributed by atoms with Gasteiger partial charge in [-0.3, -0.25) is 38.4 Å². The highest BCUT2D eigenvalue weighted by molar-refractivity contribution is 7.44. The van der Waals surface area contributed by atoms with Gasteiger partial charge in [-0.25, -0.2) is 9.46 Å². The molecule has 2 N–H and O–H groups in total. The third kappa shape index (κ3) is 21.5. The summed E-state index contributed by atoms with van der Waals surface area (Å²) in [4.78, 5) is 80.1. The van der Waals surface area contributed by atoms with Gasteiger partial charge in [0.1, 0.15) is 41.5 Å². The molecule has 24 heteroatoms. The molecule has 4 aromatic rings. The quantitative estimate of drug-likeness (QED) is 0.0140. The Morgan fingerprint density at radius 3 is 1.85 bits per heavy atom. The molecular formula is C67H95N6O17P. The first kappa shape index (κ1) is 73.5. The maximum atomic E-state index is 13.9. The lowest BCUT2D eigenvalue weighted by Crippen LogP contribution is -2.66. The van der Waals surface area contributed by atoms with Crippen LogP contribution in [-0.2, 0) is 67.0 Å². The number of hydrogen-bond donors (Lipinski definition) is 2. The summed E-state index contributed by atoms with van der Waals surface area (Å²) >= 11 is 0. The number of methoxy groups -OCH3 is 2. The number of benzene rings is 3. The van der Waals surface area contributed by atoms with Crippen LogP contribution in [0.3, 0.4) is 0 Å². The fourth-order valence-corrected chi connectivity index (χ4v) is 13.3. The highest BCUT2D eigenvalue weighted by Gasteiger charge is 2.52. The molecule has 23 nitrogen and oxygen atoms in total. The number of esters is 3. The Morgan fingerprint density at radius 1 is 0.747 bits per heavy atom. The molecule has 0 radical (unpaired) electrons. The molecule has 1 amide bonds. The third-order valence-corrected chi connectivity index (χ3v) is 17.9. The molecule has 2 saturated heterocycles. The van der Waals surface area contributed by atoms with Gasteiger partial charge in [-0.1, -0.05) is 106 Å². The van der Waals surface area contributed by atoms with E-state index >= 15 is 0 Å². The van der Waals surface area contributed by atoms with Crippen LogP contribution in [0, 0.1) is 18.3 Å². The zero-order chi connectivity index (χ0) is 66.1. The summed E-state index contributed by atoms with van der Waals surface area (Å²) in [6.45, 7) is 16.2. The van der Waals surface area contributed by atoms with Crippen molar-refractivity contribution in [3.63, 3.8) is 0 Å². The van der Waals surface area contributed by atoms with E-state index in [1.165, 1.54) is 32.3 Å². The fourth-order valence-electron chi connectivity index (χ4n) is 11.7. The number of aryl methyl sites for hydroxylation is 1. The van der Waals surface area contributed by atoms with Crippen LogP contribution in [0.25, 0.3) is 0 Å². The van der Waals surface area contributed by atoms with E-state index in [1.807, 2.05) is 78.9 Å². The molecule has 91 heavy (non-hydrogen) atoms. The lowest BCUT2D eigenvalue weighted by molar-refractivity contribution is -0.277. The van der Waals surface area contributed by atoms with Gasteiger partial charge in [0, 0.05) is 71.2 Å². The molecule has 0 spiro atoms. The van der Waals surface area contributed by atoms with Gasteiger partial charge in [-0.05, 0) is 95.0 Å². The van der Waals surface area contributed by atoms with Crippen LogP contribution in [0.4, 0.5) is 0 Å². The van der Waals surface area contributed by atoms with Gasteiger partial charge in [0.15, 0.2) is 24.7 Å². The number of amides is 1. The minimum absolute atomic E-state index is 0.00580. The summed E-state index contributed by atoms with van der Waals surface area (Å²) in [7, 11) is 1.48. The van der Waals surface area contributed by atoms with Crippen molar-refractivity contribution in [3.8, 4) is 17.6 Å². The van der Waals surface area contributed by atoms with Crippen molar-refractivity contribution in [2.45, 2.75) is 193 Å². The van der Waals surface area contributed by atoms with Crippen LogP contribution in [0.5, 0.6) is 11.5 Å². The van der Waals surface area contributed by atoms with E-state index in [-0.39, 0.29) is 51.5 Å². The number of rotatable bonds is 37. The molecule has 0 saturated carbocycles. The van der Waals surface area contributed by atoms with E-state index < -0.39 is 91.7 Å². The molecule has 0 aliphatic carbocycles. The molecular weight excluding hydrogens is 1190 g/mol. The SMILES string of the molecule is COc1ccc(C(OC[C@]2(COP(OCCC#N)N(C(C)C)C(C)C)CN(CCCCCCCCCCCCO[C@@H]3O[C@H](COC(C)=O)[C@H](OC(C)=O)[C@H](OC(C)=O)[C@H]3NC(C)=O)C[C@H](n3cc(C)c(=O)[nH]c3=O)O2)(c2ccccc2)c2ccc(OC)cc2)cc1. The molecule has 2 aliphatic rings. The first-order valence-corrected chi connectivity index (χ1v) is 32.7. The summed E-state index contributed by atoms with van der Waals surface area (Å²) in [5.41, 5.74) is -0.847. The zero-order valence-corrected chi connectivity index (χ0v) is 55.7. The van der Waals surface area contributed by atoms with Crippen LogP contribution < -0.4 is 26.0 Å². The second-order valence-corrected chi connectivity index (χ2v) is 25.2. The normalized spacial score (nSPS) is 20.6. The molecule has 1 unspecified atom stereocenters. The van der Waals surface area contributed by atoms with Crippen LogP contribution in [0.1, 0.15) is 155 Å². The van der Waals surface area contributed by atoms with Gasteiger partial charge < -0.3 is 57.0 Å². The number of H-pyrrole nitrogens is 1. The predicted molar refractivity (Wildman–Crippen MR) is 341 cm³/mol. The smallest absolute Gasteiger partial charge is 0.330 e. The van der Waals surface area contributed by atoms with E-state index in [4.69, 9.17) is 51.7 Å². The standard InChI is InChI=1S/C67H95N6O17P/c1-46(2)73(47(3)4)91(85-39-25-36-68)86-45-66(44-84-67(53-26-21-20-22-27-53,54-28-32-56(80-10)33-29-54)55-30-34-57(81-11)35-31-55)43-71(41-59(90-66)72-40-48(5)63(78)70-65(72)79)37-23-18-16-14-12-13-15-17-19-24-38-82-64-60(69-49(6)74)62(88-52(9)77)61(87-51(8)76)58(89-64)42-83-50(7)75/h20-22,26-35,40,46-47,58-62,64H,12-19,23-25,37-39,41-45H2,1-11H3,(H,69,74)(H,70,78,79)/t58-,59-,60-,61+,62-,64-,66+,91?/m1/s1. The van der Waals surface area contributed by atoms with Crippen molar-refractivity contribution < 1.29 is 70.9 Å². The number of ether oxygens (including phenoxy) is 9. The summed E-state index contributed by atoms with van der Waals surface area (Å²) in [5, 5.41) is 12.3. The summed E-state index contributed by atoms with van der Waals surface area (Å²) < 4.78 is 72.0. The molecule has 0 bridgehead atoms. The average molecular weight is 1290 g/mol. The molecule has 3 heterocycles. The monoisotopic (exact) mass is 1290 g/mol. The highest BCUT2D eigenvalue weighted by Crippen LogP contribution is 2.49. The zero-order valence-electron chi connectivity index (χ0n) is 54.8. The number of hydrogen-bond acceptors (Lipinski definition) is 20. The maximum absolute atomic E-state index is 13.9. The molecule has 6 rings (SSSR count). The Hall–Kier alpha value is -6.58. The van der Waals surface area contributed by atoms with E-state index in [9.17, 15) is 34.0 Å². The number of carbonyl (C=O) groups is 4. The van der Waals surface area contributed by atoms with Crippen molar-refractivity contribution in [1.82, 2.24) is 24.4 Å². The van der Waals surface area contributed by atoms with Gasteiger partial charge in [0.2, 0.25) is 5.91 Å². The lowest BCUT2D eigenvalue weighted by atomic mass is 9.79. The minimum Gasteiger partial charge on any atom is -0.497 e. The number of unbranched alkanes of at least 4 members (excludes halogenated alkanes) is 9. The van der Waals surface area contributed by atoms with Gasteiger partial charge in [0.25, 0.3) is 14.1 Å². The van der Waals surface area contributed by atoms with Crippen molar-refractivity contribution >= 4 is 32.3 Å². The predicted octanol–water partition coefficient (Wildman–Crippen LogP) is 9.31. The first-order valence-electron chi connectivity index (χ1n) is 31.6. The Morgan fingerprint density at radius 2 is 1.31 bits per heavy atom. The number of morpholine rings is 1. The lowest BCUT2D eigenvalue weighted by Gasteiger charge is -2.48. The van der Waals surface area contributed by atoms with Crippen LogP contribution >= 0.6 is 8.53 Å². The largest absolute Gasteiger partial charge is 0.497 e. The van der Waals surface area contributed by atoms with Crippen LogP contribution in [0.15, 0.2) is 94.6 Å². The van der Waals surface area contributed by atoms with Gasteiger partial charge >= 0.3 is 23.6 Å². The summed E-state index contributed by atoms with van der Waals surface area (Å²) in [6, 6.07) is 26.7. The van der Waals surface area contributed by atoms with E-state index in [0.717, 1.165) is 74.5 Å². The number of nitriles is 1. The van der Waals surface area contributed by atoms with Crippen LogP contribution in [0.2, 0.25) is 0 Å². The molecule has 1 aromatic heterocycles. The number of carbonyl (C=O) groups excluding carboxylic acids is 4. The molecule has 500 valence electrons. The van der Waals surface area contributed by atoms with E-state index in [1.54, 1.807) is 27.3 Å². The van der Waals surface area contributed by atoms with E-state index in [0.29, 0.717) is 43.1 Å². The van der Waals surface area contributed by atoms with Crippen LogP contribution in [-0.4, -0.2) is 158 Å². The second kappa shape index (κ2) is 36.6. The minimum atomic E-state index is -1.77. The fraction of sp³-hybridized carbons (Fsp3) is 0.597. The van der Waals surface area contributed by atoms with E-state index in [2.05, 4.69) is 53.6 Å². The van der Waals surface area contributed by atoms with Gasteiger partial charge in [0.05, 0.1) is 46.5 Å². The number of nitrogens with one attached hydrogen (secondary N) is 2. The number of aromatic nitrogens is 2. The Bertz CT molecular complexity index is 3010. The van der Waals surface area contributed by atoms with Gasteiger partial charge in [-0.15, -0.1) is 0 Å². The van der Waals surface area contributed by atoms with Crippen molar-refractivity contribution in [2.75, 3.05) is 66.9 Å². The molecule has 2 fully saturated rings. The maximum Gasteiger partial charge on any atom is 0.330 e.